The number of thioether (sulfide) groups is 1. The van der Waals surface area contributed by atoms with Crippen LogP contribution >= 0.6 is 11.8 Å². The van der Waals surface area contributed by atoms with Gasteiger partial charge in [0.25, 0.3) is 5.24 Å². The number of carbonyl (C=O) groups excluding carboxylic acids is 1. The Labute approximate surface area is 159 Å². The van der Waals surface area contributed by atoms with Gasteiger partial charge in [0.2, 0.25) is 0 Å². The lowest BCUT2D eigenvalue weighted by molar-refractivity contribution is 0.231. The molecule has 1 aliphatic heterocycles. The van der Waals surface area contributed by atoms with Crippen molar-refractivity contribution < 1.29 is 4.79 Å². The van der Waals surface area contributed by atoms with E-state index in [-0.39, 0.29) is 5.24 Å². The van der Waals surface area contributed by atoms with Crippen molar-refractivity contribution in [2.75, 3.05) is 49.7 Å². The summed E-state index contributed by atoms with van der Waals surface area (Å²) in [5.74, 6) is 0.913. The van der Waals surface area contributed by atoms with Crippen molar-refractivity contribution in [1.29, 1.82) is 0 Å². The van der Waals surface area contributed by atoms with E-state index in [0.29, 0.717) is 0 Å². The molecule has 0 unspecified atom stereocenters. The third kappa shape index (κ3) is 4.58. The normalized spacial score (nSPS) is 14.2. The Morgan fingerprint density at radius 1 is 1.27 bits per heavy atom. The molecule has 136 valence electrons. The number of hydrogen-bond donors (Lipinski definition) is 1. The number of benzene rings is 1. The zero-order valence-electron chi connectivity index (χ0n) is 15.2. The predicted octanol–water partition coefficient (Wildman–Crippen LogP) is 3.90. The highest BCUT2D eigenvalue weighted by Gasteiger charge is 2.20. The van der Waals surface area contributed by atoms with Gasteiger partial charge in [0.05, 0.1) is 11.9 Å². The molecule has 1 saturated heterocycles. The lowest BCUT2D eigenvalue weighted by atomic mass is 10.1. The minimum Gasteiger partial charge on any atom is -0.386 e. The van der Waals surface area contributed by atoms with Gasteiger partial charge in [0.1, 0.15) is 0 Å². The van der Waals surface area contributed by atoms with E-state index in [2.05, 4.69) is 58.7 Å². The minimum absolute atomic E-state index is 0.205. The SMILES string of the molecule is CNc1cnccc1C=Cc1ccc(N(C)CCN2CCSC2=O)cc1. The van der Waals surface area contributed by atoms with E-state index in [1.165, 1.54) is 11.8 Å². The standard InChI is InChI=1S/C20H24N4OS/c1-21-19-15-22-10-9-17(19)6-3-16-4-7-18(8-5-16)23(2)11-12-24-13-14-26-20(24)25/h3-10,15,21H,11-14H2,1-2H3. The Morgan fingerprint density at radius 2 is 2.08 bits per heavy atom. The maximum absolute atomic E-state index is 11.7. The van der Waals surface area contributed by atoms with Gasteiger partial charge in [0.15, 0.2) is 0 Å². The number of carbonyl (C=O) groups is 1. The van der Waals surface area contributed by atoms with Crippen LogP contribution in [0.4, 0.5) is 16.2 Å². The number of anilines is 2. The van der Waals surface area contributed by atoms with E-state index in [1.807, 2.05) is 24.2 Å². The summed E-state index contributed by atoms with van der Waals surface area (Å²) < 4.78 is 0. The van der Waals surface area contributed by atoms with Crippen LogP contribution < -0.4 is 10.2 Å². The molecule has 6 heteroatoms. The number of pyridine rings is 1. The van der Waals surface area contributed by atoms with Gasteiger partial charge in [-0.3, -0.25) is 9.78 Å². The van der Waals surface area contributed by atoms with Crippen LogP contribution in [0.5, 0.6) is 0 Å². The second-order valence-electron chi connectivity index (χ2n) is 6.16. The average Bonchev–Trinajstić information content (AvgIpc) is 3.10. The highest BCUT2D eigenvalue weighted by Crippen LogP contribution is 2.20. The number of likely N-dealkylation sites (N-methyl/N-ethyl adjacent to an activating group) is 1. The van der Waals surface area contributed by atoms with Crippen molar-refractivity contribution >= 4 is 40.5 Å². The topological polar surface area (TPSA) is 48.5 Å². The lowest BCUT2D eigenvalue weighted by Crippen LogP contribution is -2.33. The van der Waals surface area contributed by atoms with Crippen LogP contribution in [0, 0.1) is 0 Å². The Balaban J connectivity index is 1.59. The van der Waals surface area contributed by atoms with Crippen LogP contribution in [-0.4, -0.2) is 54.6 Å². The molecule has 1 amide bonds. The van der Waals surface area contributed by atoms with Gasteiger partial charge in [-0.15, -0.1) is 0 Å². The fraction of sp³-hybridized carbons (Fsp3) is 0.300. The van der Waals surface area contributed by atoms with Gasteiger partial charge >= 0.3 is 0 Å². The summed E-state index contributed by atoms with van der Waals surface area (Å²) in [6, 6.07) is 10.4. The molecule has 0 radical (unpaired) electrons. The van der Waals surface area contributed by atoms with Crippen molar-refractivity contribution in [3.63, 3.8) is 0 Å². The highest BCUT2D eigenvalue weighted by molar-refractivity contribution is 8.13. The first-order valence-electron chi connectivity index (χ1n) is 8.70. The van der Waals surface area contributed by atoms with E-state index in [1.54, 1.807) is 6.20 Å². The van der Waals surface area contributed by atoms with Crippen molar-refractivity contribution in [2.24, 2.45) is 0 Å². The second-order valence-corrected chi connectivity index (χ2v) is 7.21. The van der Waals surface area contributed by atoms with Crippen LogP contribution in [0.3, 0.4) is 0 Å². The summed E-state index contributed by atoms with van der Waals surface area (Å²) in [6.45, 7) is 2.48. The fourth-order valence-corrected chi connectivity index (χ4v) is 3.67. The molecular weight excluding hydrogens is 344 g/mol. The zero-order chi connectivity index (χ0) is 18.4. The minimum atomic E-state index is 0.205. The molecule has 1 fully saturated rings. The summed E-state index contributed by atoms with van der Waals surface area (Å²) in [5.41, 5.74) is 4.42. The van der Waals surface area contributed by atoms with Gasteiger partial charge in [-0.05, 0) is 23.8 Å². The Morgan fingerprint density at radius 3 is 2.77 bits per heavy atom. The van der Waals surface area contributed by atoms with Crippen molar-refractivity contribution in [2.45, 2.75) is 0 Å². The van der Waals surface area contributed by atoms with Crippen LogP contribution in [-0.2, 0) is 0 Å². The molecule has 2 aromatic rings. The molecule has 0 atom stereocenters. The predicted molar refractivity (Wildman–Crippen MR) is 112 cm³/mol. The molecule has 0 spiro atoms. The van der Waals surface area contributed by atoms with Gasteiger partial charge in [-0.2, -0.15) is 0 Å². The monoisotopic (exact) mass is 368 g/mol. The summed E-state index contributed by atoms with van der Waals surface area (Å²) in [6.07, 6.45) is 7.80. The molecule has 1 aromatic heterocycles. The third-order valence-corrected chi connectivity index (χ3v) is 5.36. The van der Waals surface area contributed by atoms with E-state index in [0.717, 1.165) is 47.9 Å². The average molecular weight is 369 g/mol. The number of nitrogens with zero attached hydrogens (tertiary/aromatic N) is 3. The summed E-state index contributed by atoms with van der Waals surface area (Å²) >= 11 is 1.41. The van der Waals surface area contributed by atoms with Crippen LogP contribution in [0.25, 0.3) is 12.2 Å². The zero-order valence-corrected chi connectivity index (χ0v) is 16.0. The quantitative estimate of drug-likeness (QED) is 0.803. The highest BCUT2D eigenvalue weighted by atomic mass is 32.2. The molecule has 0 bridgehead atoms. The molecule has 26 heavy (non-hydrogen) atoms. The molecule has 1 aromatic carbocycles. The maximum atomic E-state index is 11.7. The molecule has 5 nitrogen and oxygen atoms in total. The first-order chi connectivity index (χ1) is 12.7. The van der Waals surface area contributed by atoms with Crippen molar-refractivity contribution in [1.82, 2.24) is 9.88 Å². The smallest absolute Gasteiger partial charge is 0.281 e. The maximum Gasteiger partial charge on any atom is 0.281 e. The number of amides is 1. The molecule has 0 saturated carbocycles. The number of hydrogen-bond acceptors (Lipinski definition) is 5. The van der Waals surface area contributed by atoms with Gasteiger partial charge in [-0.1, -0.05) is 36.0 Å². The summed E-state index contributed by atoms with van der Waals surface area (Å²) in [7, 11) is 3.96. The Kier molecular flexibility index (Phi) is 6.17. The van der Waals surface area contributed by atoms with Gasteiger partial charge < -0.3 is 15.1 Å². The Hall–Kier alpha value is -2.47. The first-order valence-corrected chi connectivity index (χ1v) is 9.68. The van der Waals surface area contributed by atoms with E-state index in [4.69, 9.17) is 0 Å². The molecule has 1 aliphatic rings. The first kappa shape index (κ1) is 18.3. The molecule has 2 heterocycles. The molecule has 1 N–H and O–H groups in total. The summed E-state index contributed by atoms with van der Waals surface area (Å²) in [4.78, 5) is 19.9. The van der Waals surface area contributed by atoms with Crippen molar-refractivity contribution in [3.8, 4) is 0 Å². The fourth-order valence-electron chi connectivity index (χ4n) is 2.81. The number of nitrogens with one attached hydrogen (secondary N) is 1. The third-order valence-electron chi connectivity index (χ3n) is 4.46. The Bertz CT molecular complexity index is 776. The lowest BCUT2D eigenvalue weighted by Gasteiger charge is -2.23. The number of aromatic nitrogens is 1. The molecular formula is C20H24N4OS. The van der Waals surface area contributed by atoms with Gasteiger partial charge in [-0.25, -0.2) is 0 Å². The van der Waals surface area contributed by atoms with Crippen LogP contribution in [0.1, 0.15) is 11.1 Å². The van der Waals surface area contributed by atoms with Crippen LogP contribution in [0.15, 0.2) is 42.7 Å². The van der Waals surface area contributed by atoms with E-state index < -0.39 is 0 Å². The van der Waals surface area contributed by atoms with E-state index >= 15 is 0 Å². The summed E-state index contributed by atoms with van der Waals surface area (Å²) in [5, 5.41) is 3.35. The van der Waals surface area contributed by atoms with E-state index in [9.17, 15) is 4.79 Å². The number of rotatable bonds is 7. The second kappa shape index (κ2) is 8.76. The molecule has 0 aliphatic carbocycles. The van der Waals surface area contributed by atoms with Crippen molar-refractivity contribution in [3.05, 3.63) is 53.9 Å². The largest absolute Gasteiger partial charge is 0.386 e. The van der Waals surface area contributed by atoms with Crippen LogP contribution in [0.2, 0.25) is 0 Å². The van der Waals surface area contributed by atoms with Gasteiger partial charge in [0, 0.05) is 56.9 Å². The molecule has 3 rings (SSSR count).